The van der Waals surface area contributed by atoms with Crippen LogP contribution in [0.5, 0.6) is 0 Å². The molecule has 0 unspecified atom stereocenters. The van der Waals surface area contributed by atoms with E-state index in [1.807, 2.05) is 6.92 Å². The summed E-state index contributed by atoms with van der Waals surface area (Å²) >= 11 is 5.84. The highest BCUT2D eigenvalue weighted by molar-refractivity contribution is 6.30. The van der Waals surface area contributed by atoms with Gasteiger partial charge in [0, 0.05) is 17.6 Å². The van der Waals surface area contributed by atoms with Crippen LogP contribution in [0, 0.1) is 12.7 Å². The summed E-state index contributed by atoms with van der Waals surface area (Å²) in [6, 6.07) is 6.14. The second-order valence-electron chi connectivity index (χ2n) is 3.64. The zero-order chi connectivity index (χ0) is 12.4. The molecule has 3 nitrogen and oxygen atoms in total. The molecule has 0 aliphatic rings. The lowest BCUT2D eigenvalue weighted by Gasteiger charge is -2.06. The molecule has 5 heteroatoms. The number of aromatic nitrogens is 2. The third-order valence-corrected chi connectivity index (χ3v) is 2.66. The maximum Gasteiger partial charge on any atom is 0.151 e. The van der Waals surface area contributed by atoms with Crippen LogP contribution in [0.25, 0.3) is 11.3 Å². The molecule has 0 atom stereocenters. The third-order valence-electron chi connectivity index (χ3n) is 2.43. The van der Waals surface area contributed by atoms with E-state index in [-0.39, 0.29) is 5.82 Å². The third kappa shape index (κ3) is 2.36. The smallest absolute Gasteiger partial charge is 0.151 e. The fourth-order valence-corrected chi connectivity index (χ4v) is 1.73. The highest BCUT2D eigenvalue weighted by Crippen LogP contribution is 2.25. The van der Waals surface area contributed by atoms with Crippen molar-refractivity contribution < 1.29 is 4.39 Å². The van der Waals surface area contributed by atoms with Gasteiger partial charge in [0.25, 0.3) is 0 Å². The van der Waals surface area contributed by atoms with Crippen molar-refractivity contribution in [3.05, 3.63) is 40.7 Å². The summed E-state index contributed by atoms with van der Waals surface area (Å²) in [6.45, 7) is 1.88. The van der Waals surface area contributed by atoms with Crippen LogP contribution >= 0.6 is 11.6 Å². The van der Waals surface area contributed by atoms with E-state index in [2.05, 4.69) is 15.5 Å². The molecule has 1 N–H and O–H groups in total. The number of halogens is 2. The van der Waals surface area contributed by atoms with E-state index in [0.717, 1.165) is 5.56 Å². The minimum Gasteiger partial charge on any atom is -0.371 e. The van der Waals surface area contributed by atoms with Crippen LogP contribution in [0.4, 0.5) is 10.2 Å². The largest absolute Gasteiger partial charge is 0.371 e. The molecule has 0 spiro atoms. The molecule has 88 valence electrons. The van der Waals surface area contributed by atoms with Crippen molar-refractivity contribution in [3.63, 3.8) is 0 Å². The van der Waals surface area contributed by atoms with E-state index in [1.165, 1.54) is 12.1 Å². The predicted octanol–water partition coefficient (Wildman–Crippen LogP) is 3.29. The van der Waals surface area contributed by atoms with Gasteiger partial charge in [-0.3, -0.25) is 0 Å². The van der Waals surface area contributed by atoms with Crippen molar-refractivity contribution in [3.8, 4) is 11.3 Å². The van der Waals surface area contributed by atoms with Crippen molar-refractivity contribution in [2.45, 2.75) is 6.92 Å². The molecule has 1 aromatic heterocycles. The molecule has 1 heterocycles. The average molecular weight is 252 g/mol. The molecule has 0 radical (unpaired) electrons. The second kappa shape index (κ2) is 4.67. The topological polar surface area (TPSA) is 37.8 Å². The van der Waals surface area contributed by atoms with Crippen LogP contribution in [0.3, 0.4) is 0 Å². The molecule has 2 aromatic rings. The van der Waals surface area contributed by atoms with Gasteiger partial charge in [0.2, 0.25) is 0 Å². The zero-order valence-electron chi connectivity index (χ0n) is 9.46. The summed E-state index contributed by atoms with van der Waals surface area (Å²) in [5.74, 6) is 0.316. The quantitative estimate of drug-likeness (QED) is 0.890. The normalized spacial score (nSPS) is 10.4. The van der Waals surface area contributed by atoms with E-state index >= 15 is 0 Å². The van der Waals surface area contributed by atoms with Crippen molar-refractivity contribution in [2.75, 3.05) is 12.4 Å². The van der Waals surface area contributed by atoms with Crippen LogP contribution in [0.2, 0.25) is 5.02 Å². The lowest BCUT2D eigenvalue weighted by atomic mass is 10.1. The number of hydrogen-bond acceptors (Lipinski definition) is 3. The minimum atomic E-state index is -0.361. The number of rotatable bonds is 2. The van der Waals surface area contributed by atoms with E-state index < -0.39 is 0 Å². The minimum absolute atomic E-state index is 0.357. The van der Waals surface area contributed by atoms with Crippen molar-refractivity contribution >= 4 is 17.4 Å². The van der Waals surface area contributed by atoms with Crippen LogP contribution in [-0.4, -0.2) is 17.2 Å². The van der Waals surface area contributed by atoms with Gasteiger partial charge in [0.15, 0.2) is 5.82 Å². The summed E-state index contributed by atoms with van der Waals surface area (Å²) in [5.41, 5.74) is 1.73. The molecular formula is C12H11ClFN3. The zero-order valence-corrected chi connectivity index (χ0v) is 10.2. The number of anilines is 1. The van der Waals surface area contributed by atoms with Gasteiger partial charge >= 0.3 is 0 Å². The number of nitrogens with one attached hydrogen (secondary N) is 1. The summed E-state index contributed by atoms with van der Waals surface area (Å²) in [4.78, 5) is 0. The van der Waals surface area contributed by atoms with Gasteiger partial charge in [-0.1, -0.05) is 11.6 Å². The first-order valence-corrected chi connectivity index (χ1v) is 5.47. The lowest BCUT2D eigenvalue weighted by molar-refractivity contribution is 0.630. The Morgan fingerprint density at radius 1 is 1.24 bits per heavy atom. The first kappa shape index (κ1) is 11.8. The summed E-state index contributed by atoms with van der Waals surface area (Å²) in [5, 5.41) is 11.3. The van der Waals surface area contributed by atoms with Crippen LogP contribution in [0.1, 0.15) is 5.56 Å². The molecule has 0 fully saturated rings. The van der Waals surface area contributed by atoms with Crippen molar-refractivity contribution in [1.82, 2.24) is 10.2 Å². The molecule has 0 aliphatic heterocycles. The van der Waals surface area contributed by atoms with Gasteiger partial charge in [0.1, 0.15) is 5.82 Å². The molecule has 0 bridgehead atoms. The Balaban J connectivity index is 2.53. The Labute approximate surface area is 104 Å². The molecule has 17 heavy (non-hydrogen) atoms. The van der Waals surface area contributed by atoms with Gasteiger partial charge < -0.3 is 5.32 Å². The van der Waals surface area contributed by atoms with Crippen molar-refractivity contribution in [2.24, 2.45) is 0 Å². The van der Waals surface area contributed by atoms with E-state index in [1.54, 1.807) is 19.2 Å². The van der Waals surface area contributed by atoms with Gasteiger partial charge in [-0.2, -0.15) is 0 Å². The SMILES string of the molecule is CNc1nnc(-c2cc(Cl)ccc2F)cc1C. The van der Waals surface area contributed by atoms with Crippen molar-refractivity contribution in [1.29, 1.82) is 0 Å². The Morgan fingerprint density at radius 2 is 2.00 bits per heavy atom. The van der Waals surface area contributed by atoms with E-state index in [0.29, 0.717) is 22.1 Å². The average Bonchev–Trinajstić information content (AvgIpc) is 2.32. The first-order valence-electron chi connectivity index (χ1n) is 5.09. The predicted molar refractivity (Wildman–Crippen MR) is 66.7 cm³/mol. The Bertz CT molecular complexity index is 557. The second-order valence-corrected chi connectivity index (χ2v) is 4.07. The number of aryl methyl sites for hydroxylation is 1. The van der Waals surface area contributed by atoms with E-state index in [4.69, 9.17) is 11.6 Å². The standard InChI is InChI=1S/C12H11ClFN3/c1-7-5-11(16-17-12(7)15-2)9-6-8(13)3-4-10(9)14/h3-6H,1-2H3,(H,15,17). The molecule has 0 amide bonds. The molecule has 1 aromatic carbocycles. The monoisotopic (exact) mass is 251 g/mol. The number of hydrogen-bond donors (Lipinski definition) is 1. The molecule has 0 saturated heterocycles. The Kier molecular flexibility index (Phi) is 3.24. The van der Waals surface area contributed by atoms with Gasteiger partial charge in [-0.05, 0) is 36.8 Å². The Morgan fingerprint density at radius 3 is 2.65 bits per heavy atom. The fourth-order valence-electron chi connectivity index (χ4n) is 1.56. The summed E-state index contributed by atoms with van der Waals surface area (Å²) < 4.78 is 13.6. The van der Waals surface area contributed by atoms with Crippen LogP contribution in [0.15, 0.2) is 24.3 Å². The molecule has 2 rings (SSSR count). The molecule has 0 saturated carbocycles. The van der Waals surface area contributed by atoms with Crippen LogP contribution in [-0.2, 0) is 0 Å². The lowest BCUT2D eigenvalue weighted by Crippen LogP contribution is -1.99. The van der Waals surface area contributed by atoms with E-state index in [9.17, 15) is 4.39 Å². The molecule has 0 aliphatic carbocycles. The summed E-state index contributed by atoms with van der Waals surface area (Å²) in [7, 11) is 1.76. The highest BCUT2D eigenvalue weighted by atomic mass is 35.5. The maximum atomic E-state index is 13.6. The summed E-state index contributed by atoms with van der Waals surface area (Å²) in [6.07, 6.45) is 0. The molecular weight excluding hydrogens is 241 g/mol. The Hall–Kier alpha value is -1.68. The number of benzene rings is 1. The van der Waals surface area contributed by atoms with Gasteiger partial charge in [-0.15, -0.1) is 10.2 Å². The van der Waals surface area contributed by atoms with Gasteiger partial charge in [-0.25, -0.2) is 4.39 Å². The fraction of sp³-hybridized carbons (Fsp3) is 0.167. The highest BCUT2D eigenvalue weighted by Gasteiger charge is 2.09. The first-order chi connectivity index (χ1) is 8.11. The maximum absolute atomic E-state index is 13.6. The van der Waals surface area contributed by atoms with Crippen LogP contribution < -0.4 is 5.32 Å². The van der Waals surface area contributed by atoms with Gasteiger partial charge in [0.05, 0.1) is 5.69 Å². The number of nitrogens with zero attached hydrogens (tertiary/aromatic N) is 2.